The molecule has 2 N–H and O–H groups in total. The lowest BCUT2D eigenvalue weighted by molar-refractivity contribution is 0.404. The van der Waals surface area contributed by atoms with Crippen LogP contribution in [0.4, 0.5) is 0 Å². The third kappa shape index (κ3) is 2.29. The van der Waals surface area contributed by atoms with Gasteiger partial charge in [0.25, 0.3) is 0 Å². The van der Waals surface area contributed by atoms with Crippen molar-refractivity contribution in [3.05, 3.63) is 48.5 Å². The number of aromatic hydroxyl groups is 2. The largest absolute Gasteiger partial charge is 0.504 e. The number of hydrogen-bond acceptors (Lipinski definition) is 2. The molecule has 0 bridgehead atoms. The number of rotatable bonds is 1. The molecule has 0 unspecified atom stereocenters. The Bertz CT molecular complexity index is 436. The molecule has 0 radical (unpaired) electrons. The molecule has 0 spiro atoms. The molecule has 2 aromatic rings. The Kier molecular flexibility index (Phi) is 3.34. The van der Waals surface area contributed by atoms with E-state index in [0.717, 1.165) is 11.1 Å². The summed E-state index contributed by atoms with van der Waals surface area (Å²) in [5, 5.41) is 18.5. The topological polar surface area (TPSA) is 40.5 Å². The van der Waals surface area contributed by atoms with Gasteiger partial charge in [-0.1, -0.05) is 43.8 Å². The van der Waals surface area contributed by atoms with Gasteiger partial charge in [-0.05, 0) is 23.3 Å². The summed E-state index contributed by atoms with van der Waals surface area (Å²) in [6.07, 6.45) is 0. The monoisotopic (exact) mass is 202 g/mol. The van der Waals surface area contributed by atoms with E-state index in [1.807, 2.05) is 30.3 Å². The average Bonchev–Trinajstić information content (AvgIpc) is 2.23. The second-order valence-corrected chi connectivity index (χ2v) is 3.07. The Hall–Kier alpha value is -1.96. The molecule has 0 fully saturated rings. The Morgan fingerprint density at radius 2 is 1.33 bits per heavy atom. The van der Waals surface area contributed by atoms with Crippen molar-refractivity contribution in [2.24, 2.45) is 0 Å². The molecule has 0 aliphatic carbocycles. The standard InChI is InChI=1S/C12H10O2.CH4/c13-11-7-6-10(8-12(11)14)9-4-2-1-3-5-9;/h1-8,13-14H;1H4. The molecule has 0 aliphatic rings. The van der Waals surface area contributed by atoms with Gasteiger partial charge in [-0.15, -0.1) is 0 Å². The second-order valence-electron chi connectivity index (χ2n) is 3.07. The predicted molar refractivity (Wildman–Crippen MR) is 61.9 cm³/mol. The minimum Gasteiger partial charge on any atom is -0.504 e. The third-order valence-electron chi connectivity index (χ3n) is 2.08. The van der Waals surface area contributed by atoms with E-state index in [0.29, 0.717) is 0 Å². The van der Waals surface area contributed by atoms with Crippen molar-refractivity contribution in [3.8, 4) is 22.6 Å². The normalized spacial score (nSPS) is 9.33. The van der Waals surface area contributed by atoms with Crippen LogP contribution in [0, 0.1) is 0 Å². The lowest BCUT2D eigenvalue weighted by atomic mass is 10.1. The summed E-state index contributed by atoms with van der Waals surface area (Å²) < 4.78 is 0. The molecule has 0 amide bonds. The van der Waals surface area contributed by atoms with Gasteiger partial charge >= 0.3 is 0 Å². The summed E-state index contributed by atoms with van der Waals surface area (Å²) in [6.45, 7) is 0. The Morgan fingerprint density at radius 3 is 1.93 bits per heavy atom. The predicted octanol–water partition coefficient (Wildman–Crippen LogP) is 3.40. The highest BCUT2D eigenvalue weighted by atomic mass is 16.3. The Balaban J connectivity index is 0.00000112. The number of hydrogen-bond donors (Lipinski definition) is 2. The van der Waals surface area contributed by atoms with Crippen molar-refractivity contribution in [1.82, 2.24) is 0 Å². The molecular formula is C13H14O2. The summed E-state index contributed by atoms with van der Waals surface area (Å²) in [4.78, 5) is 0. The maximum Gasteiger partial charge on any atom is 0.158 e. The number of phenolic OH excluding ortho intramolecular Hbond substituents is 2. The van der Waals surface area contributed by atoms with Gasteiger partial charge in [0.2, 0.25) is 0 Å². The van der Waals surface area contributed by atoms with E-state index in [4.69, 9.17) is 5.11 Å². The first-order valence-electron chi connectivity index (χ1n) is 4.35. The number of benzene rings is 2. The molecule has 15 heavy (non-hydrogen) atoms. The van der Waals surface area contributed by atoms with Crippen molar-refractivity contribution in [2.75, 3.05) is 0 Å². The average molecular weight is 202 g/mol. The van der Waals surface area contributed by atoms with Crippen LogP contribution in [0.5, 0.6) is 11.5 Å². The lowest BCUT2D eigenvalue weighted by Crippen LogP contribution is -1.76. The van der Waals surface area contributed by atoms with E-state index in [1.54, 1.807) is 12.1 Å². The van der Waals surface area contributed by atoms with Gasteiger partial charge in [0.15, 0.2) is 11.5 Å². The van der Waals surface area contributed by atoms with Crippen molar-refractivity contribution >= 4 is 0 Å². The van der Waals surface area contributed by atoms with Crippen molar-refractivity contribution in [3.63, 3.8) is 0 Å². The zero-order chi connectivity index (χ0) is 9.97. The van der Waals surface area contributed by atoms with Crippen LogP contribution in [-0.4, -0.2) is 10.2 Å². The smallest absolute Gasteiger partial charge is 0.158 e. The Morgan fingerprint density at radius 1 is 0.667 bits per heavy atom. The van der Waals surface area contributed by atoms with E-state index in [9.17, 15) is 5.11 Å². The third-order valence-corrected chi connectivity index (χ3v) is 2.08. The number of phenols is 2. The molecule has 2 aromatic carbocycles. The van der Waals surface area contributed by atoms with Gasteiger partial charge < -0.3 is 10.2 Å². The van der Waals surface area contributed by atoms with E-state index in [-0.39, 0.29) is 18.9 Å². The fraction of sp³-hybridized carbons (Fsp3) is 0.0769. The summed E-state index contributed by atoms with van der Waals surface area (Å²) in [5.74, 6) is -0.184. The highest BCUT2D eigenvalue weighted by Gasteiger charge is 2.01. The molecule has 0 saturated carbocycles. The summed E-state index contributed by atoms with van der Waals surface area (Å²) in [7, 11) is 0. The first-order valence-corrected chi connectivity index (χ1v) is 4.35. The lowest BCUT2D eigenvalue weighted by Gasteiger charge is -2.02. The molecule has 0 heterocycles. The first-order chi connectivity index (χ1) is 6.77. The first kappa shape index (κ1) is 11.1. The molecular weight excluding hydrogens is 188 g/mol. The van der Waals surface area contributed by atoms with Crippen LogP contribution in [0.1, 0.15) is 7.43 Å². The van der Waals surface area contributed by atoms with Gasteiger partial charge in [-0.3, -0.25) is 0 Å². The summed E-state index contributed by atoms with van der Waals surface area (Å²) in [6, 6.07) is 14.5. The van der Waals surface area contributed by atoms with Crippen LogP contribution < -0.4 is 0 Å². The molecule has 2 heteroatoms. The highest BCUT2D eigenvalue weighted by Crippen LogP contribution is 2.30. The molecule has 0 aromatic heterocycles. The molecule has 2 rings (SSSR count). The molecule has 0 saturated heterocycles. The van der Waals surface area contributed by atoms with Crippen LogP contribution in [-0.2, 0) is 0 Å². The zero-order valence-electron chi connectivity index (χ0n) is 7.51. The van der Waals surface area contributed by atoms with E-state index in [1.165, 1.54) is 6.07 Å². The molecule has 0 atom stereocenters. The van der Waals surface area contributed by atoms with Gasteiger partial charge in [-0.25, -0.2) is 0 Å². The van der Waals surface area contributed by atoms with Crippen molar-refractivity contribution in [1.29, 1.82) is 0 Å². The van der Waals surface area contributed by atoms with Crippen molar-refractivity contribution in [2.45, 2.75) is 7.43 Å². The van der Waals surface area contributed by atoms with Crippen molar-refractivity contribution < 1.29 is 10.2 Å². The van der Waals surface area contributed by atoms with Gasteiger partial charge in [0.05, 0.1) is 0 Å². The van der Waals surface area contributed by atoms with E-state index >= 15 is 0 Å². The molecule has 78 valence electrons. The zero-order valence-corrected chi connectivity index (χ0v) is 7.51. The fourth-order valence-electron chi connectivity index (χ4n) is 1.33. The van der Waals surface area contributed by atoms with E-state index < -0.39 is 0 Å². The fourth-order valence-corrected chi connectivity index (χ4v) is 1.33. The van der Waals surface area contributed by atoms with E-state index in [2.05, 4.69) is 0 Å². The summed E-state index contributed by atoms with van der Waals surface area (Å²) in [5.41, 5.74) is 1.91. The maximum atomic E-state index is 9.31. The van der Waals surface area contributed by atoms with Gasteiger partial charge in [0, 0.05) is 0 Å². The maximum absolute atomic E-state index is 9.31. The van der Waals surface area contributed by atoms with Crippen LogP contribution in [0.2, 0.25) is 0 Å². The quantitative estimate of drug-likeness (QED) is 0.696. The van der Waals surface area contributed by atoms with Crippen LogP contribution in [0.25, 0.3) is 11.1 Å². The summed E-state index contributed by atoms with van der Waals surface area (Å²) >= 11 is 0. The second kappa shape index (κ2) is 4.51. The highest BCUT2D eigenvalue weighted by molar-refractivity contribution is 5.66. The van der Waals surface area contributed by atoms with Crippen LogP contribution in [0.3, 0.4) is 0 Å². The molecule has 0 aliphatic heterocycles. The minimum absolute atomic E-state index is 0. The molecule has 2 nitrogen and oxygen atoms in total. The minimum atomic E-state index is -0.0929. The van der Waals surface area contributed by atoms with Gasteiger partial charge in [0.1, 0.15) is 0 Å². The SMILES string of the molecule is C.Oc1ccc(-c2ccccc2)cc1O. The van der Waals surface area contributed by atoms with Crippen LogP contribution >= 0.6 is 0 Å². The van der Waals surface area contributed by atoms with Crippen LogP contribution in [0.15, 0.2) is 48.5 Å². The Labute approximate surface area is 89.4 Å². The van der Waals surface area contributed by atoms with Gasteiger partial charge in [-0.2, -0.15) is 0 Å².